The number of nitrogens with zero attached hydrogens (tertiary/aromatic N) is 2. The molecule has 0 aromatic heterocycles. The van der Waals surface area contributed by atoms with E-state index in [2.05, 4.69) is 13.0 Å². The van der Waals surface area contributed by atoms with Crippen molar-refractivity contribution in [1.82, 2.24) is 4.90 Å². The summed E-state index contributed by atoms with van der Waals surface area (Å²) < 4.78 is 0. The molecule has 3 nitrogen and oxygen atoms in total. The Morgan fingerprint density at radius 2 is 2.06 bits per heavy atom. The number of amides is 1. The fourth-order valence-corrected chi connectivity index (χ4v) is 2.03. The van der Waals surface area contributed by atoms with Crippen LogP contribution in [0, 0.1) is 17.2 Å². The molecular formula is C15H18N2O. The minimum Gasteiger partial charge on any atom is -0.338 e. The maximum absolute atomic E-state index is 12.3. The third-order valence-electron chi connectivity index (χ3n) is 3.22. The molecule has 94 valence electrons. The van der Waals surface area contributed by atoms with Gasteiger partial charge in [-0.1, -0.05) is 6.92 Å². The number of rotatable bonds is 5. The summed E-state index contributed by atoms with van der Waals surface area (Å²) in [6.45, 7) is 3.79. The Hall–Kier alpha value is -1.82. The van der Waals surface area contributed by atoms with Gasteiger partial charge in [0, 0.05) is 18.7 Å². The Labute approximate surface area is 108 Å². The van der Waals surface area contributed by atoms with E-state index in [1.807, 2.05) is 4.90 Å². The fraction of sp³-hybridized carbons (Fsp3) is 0.467. The van der Waals surface area contributed by atoms with Crippen molar-refractivity contribution in [2.24, 2.45) is 5.92 Å². The molecule has 0 N–H and O–H groups in total. The summed E-state index contributed by atoms with van der Waals surface area (Å²) in [5.41, 5.74) is 1.28. The normalized spacial score (nSPS) is 14.0. The van der Waals surface area contributed by atoms with Gasteiger partial charge in [-0.3, -0.25) is 4.79 Å². The average Bonchev–Trinajstić information content (AvgIpc) is 3.21. The SMILES string of the molecule is CCCN(CC1CC1)C(=O)c1ccc(C#N)cc1. The Morgan fingerprint density at radius 1 is 1.39 bits per heavy atom. The van der Waals surface area contributed by atoms with Crippen LogP contribution in [0.4, 0.5) is 0 Å². The molecule has 0 saturated heterocycles. The van der Waals surface area contributed by atoms with Crippen LogP contribution in [-0.4, -0.2) is 23.9 Å². The first-order valence-electron chi connectivity index (χ1n) is 6.54. The smallest absolute Gasteiger partial charge is 0.253 e. The van der Waals surface area contributed by atoms with Gasteiger partial charge in [0.2, 0.25) is 0 Å². The molecule has 1 fully saturated rings. The average molecular weight is 242 g/mol. The zero-order valence-corrected chi connectivity index (χ0v) is 10.7. The van der Waals surface area contributed by atoms with Crippen LogP contribution in [0.25, 0.3) is 0 Å². The van der Waals surface area contributed by atoms with Gasteiger partial charge in [-0.25, -0.2) is 0 Å². The molecule has 0 unspecified atom stereocenters. The molecule has 1 amide bonds. The molecule has 2 rings (SSSR count). The van der Waals surface area contributed by atoms with Gasteiger partial charge >= 0.3 is 0 Å². The van der Waals surface area contributed by atoms with E-state index in [4.69, 9.17) is 5.26 Å². The highest BCUT2D eigenvalue weighted by atomic mass is 16.2. The van der Waals surface area contributed by atoms with Crippen LogP contribution in [0.1, 0.15) is 42.1 Å². The molecule has 1 aliphatic carbocycles. The van der Waals surface area contributed by atoms with Gasteiger partial charge in [-0.05, 0) is 49.4 Å². The summed E-state index contributed by atoms with van der Waals surface area (Å²) in [7, 11) is 0. The van der Waals surface area contributed by atoms with Gasteiger partial charge in [0.25, 0.3) is 5.91 Å². The number of carbonyl (C=O) groups is 1. The summed E-state index contributed by atoms with van der Waals surface area (Å²) in [5.74, 6) is 0.798. The lowest BCUT2D eigenvalue weighted by Gasteiger charge is -2.22. The molecule has 0 radical (unpaired) electrons. The van der Waals surface area contributed by atoms with Crippen LogP contribution < -0.4 is 0 Å². The quantitative estimate of drug-likeness (QED) is 0.797. The van der Waals surface area contributed by atoms with E-state index in [0.29, 0.717) is 17.0 Å². The monoisotopic (exact) mass is 242 g/mol. The molecule has 3 heteroatoms. The summed E-state index contributed by atoms with van der Waals surface area (Å²) >= 11 is 0. The van der Waals surface area contributed by atoms with Gasteiger partial charge in [-0.15, -0.1) is 0 Å². The van der Waals surface area contributed by atoms with Crippen molar-refractivity contribution in [1.29, 1.82) is 5.26 Å². The zero-order valence-electron chi connectivity index (χ0n) is 10.7. The molecule has 1 aromatic carbocycles. The maximum atomic E-state index is 12.3. The molecular weight excluding hydrogens is 224 g/mol. The molecule has 0 atom stereocenters. The number of nitriles is 1. The van der Waals surface area contributed by atoms with Gasteiger partial charge in [0.1, 0.15) is 0 Å². The molecule has 0 heterocycles. The van der Waals surface area contributed by atoms with Crippen LogP contribution in [0.15, 0.2) is 24.3 Å². The van der Waals surface area contributed by atoms with Crippen molar-refractivity contribution in [3.8, 4) is 6.07 Å². The van der Waals surface area contributed by atoms with Crippen molar-refractivity contribution in [3.63, 3.8) is 0 Å². The number of carbonyl (C=O) groups excluding carboxylic acids is 1. The standard InChI is InChI=1S/C15H18N2O/c1-2-9-17(11-13-3-4-13)15(18)14-7-5-12(10-16)6-8-14/h5-8,13H,2-4,9,11H2,1H3. The van der Waals surface area contributed by atoms with E-state index in [1.165, 1.54) is 12.8 Å². The van der Waals surface area contributed by atoms with Crippen molar-refractivity contribution in [3.05, 3.63) is 35.4 Å². The van der Waals surface area contributed by atoms with Crippen LogP contribution in [0.3, 0.4) is 0 Å². The third kappa shape index (κ3) is 3.10. The van der Waals surface area contributed by atoms with Crippen molar-refractivity contribution in [2.75, 3.05) is 13.1 Å². The number of hydrogen-bond acceptors (Lipinski definition) is 2. The topological polar surface area (TPSA) is 44.1 Å². The zero-order chi connectivity index (χ0) is 13.0. The molecule has 1 aromatic rings. The highest BCUT2D eigenvalue weighted by Gasteiger charge is 2.26. The molecule has 18 heavy (non-hydrogen) atoms. The van der Waals surface area contributed by atoms with Gasteiger partial charge in [0.05, 0.1) is 11.6 Å². The fourth-order valence-electron chi connectivity index (χ4n) is 2.03. The minimum absolute atomic E-state index is 0.0910. The minimum atomic E-state index is 0.0910. The van der Waals surface area contributed by atoms with Crippen LogP contribution in [0.5, 0.6) is 0 Å². The molecule has 1 aliphatic rings. The molecule has 0 aliphatic heterocycles. The van der Waals surface area contributed by atoms with Crippen LogP contribution in [-0.2, 0) is 0 Å². The van der Waals surface area contributed by atoms with E-state index in [-0.39, 0.29) is 5.91 Å². The van der Waals surface area contributed by atoms with E-state index in [0.717, 1.165) is 19.5 Å². The number of benzene rings is 1. The third-order valence-corrected chi connectivity index (χ3v) is 3.22. The lowest BCUT2D eigenvalue weighted by atomic mass is 10.1. The van der Waals surface area contributed by atoms with Crippen molar-refractivity contribution < 1.29 is 4.79 Å². The molecule has 0 bridgehead atoms. The lowest BCUT2D eigenvalue weighted by Crippen LogP contribution is -2.33. The van der Waals surface area contributed by atoms with Crippen molar-refractivity contribution >= 4 is 5.91 Å². The second-order valence-electron chi connectivity index (χ2n) is 4.88. The summed E-state index contributed by atoms with van der Waals surface area (Å²) in [6, 6.07) is 8.96. The van der Waals surface area contributed by atoms with Gasteiger partial charge in [-0.2, -0.15) is 5.26 Å². The summed E-state index contributed by atoms with van der Waals surface area (Å²) in [5, 5.41) is 8.74. The first-order valence-corrected chi connectivity index (χ1v) is 6.54. The van der Waals surface area contributed by atoms with Crippen LogP contribution >= 0.6 is 0 Å². The molecule has 0 spiro atoms. The number of hydrogen-bond donors (Lipinski definition) is 0. The van der Waals surface area contributed by atoms with Gasteiger partial charge in [0.15, 0.2) is 0 Å². The predicted molar refractivity (Wildman–Crippen MR) is 70.1 cm³/mol. The Bertz CT molecular complexity index is 454. The lowest BCUT2D eigenvalue weighted by molar-refractivity contribution is 0.0747. The Morgan fingerprint density at radius 3 is 2.56 bits per heavy atom. The summed E-state index contributed by atoms with van der Waals surface area (Å²) in [6.07, 6.45) is 3.48. The first kappa shape index (κ1) is 12.6. The summed E-state index contributed by atoms with van der Waals surface area (Å²) in [4.78, 5) is 14.3. The predicted octanol–water partition coefficient (Wildman–Crippen LogP) is 2.82. The van der Waals surface area contributed by atoms with E-state index >= 15 is 0 Å². The Kier molecular flexibility index (Phi) is 3.99. The first-order chi connectivity index (χ1) is 8.74. The van der Waals surface area contributed by atoms with Crippen LogP contribution in [0.2, 0.25) is 0 Å². The largest absolute Gasteiger partial charge is 0.338 e. The Balaban J connectivity index is 2.07. The van der Waals surface area contributed by atoms with E-state index in [9.17, 15) is 4.79 Å². The highest BCUT2D eigenvalue weighted by molar-refractivity contribution is 5.94. The van der Waals surface area contributed by atoms with E-state index < -0.39 is 0 Å². The molecule has 1 saturated carbocycles. The van der Waals surface area contributed by atoms with E-state index in [1.54, 1.807) is 24.3 Å². The highest BCUT2D eigenvalue weighted by Crippen LogP contribution is 2.30. The maximum Gasteiger partial charge on any atom is 0.253 e. The van der Waals surface area contributed by atoms with Gasteiger partial charge < -0.3 is 4.90 Å². The second-order valence-corrected chi connectivity index (χ2v) is 4.88. The van der Waals surface area contributed by atoms with Crippen molar-refractivity contribution in [2.45, 2.75) is 26.2 Å². The second kappa shape index (κ2) is 5.68.